The van der Waals surface area contributed by atoms with E-state index >= 15 is 0 Å². The van der Waals surface area contributed by atoms with Gasteiger partial charge in [0.05, 0.1) is 5.02 Å². The van der Waals surface area contributed by atoms with Crippen LogP contribution in [0.1, 0.15) is 39.7 Å². The molecule has 1 aromatic rings. The van der Waals surface area contributed by atoms with Crippen molar-refractivity contribution in [3.8, 4) is 5.75 Å². The van der Waals surface area contributed by atoms with Crippen LogP contribution in [0.25, 0.3) is 0 Å². The smallest absolute Gasteiger partial charge is 0.260 e. The van der Waals surface area contributed by atoms with E-state index in [1.54, 1.807) is 29.8 Å². The van der Waals surface area contributed by atoms with Crippen molar-refractivity contribution in [2.24, 2.45) is 10.8 Å². The average molecular weight is 531 g/mol. The van der Waals surface area contributed by atoms with Crippen LogP contribution in [-0.2, 0) is 14.4 Å². The number of hydrogen-bond acceptors (Lipinski definition) is 4. The summed E-state index contributed by atoms with van der Waals surface area (Å²) in [6.45, 7) is 11.2. The third kappa shape index (κ3) is 6.16. The first-order chi connectivity index (χ1) is 14.8. The SMILES string of the molecule is CCN(CC(C)(C)CNC(=O)C1(C)CCN(C)C1=O)C(=O)COc1c(C)cc(Br)cc1Cl. The normalized spacial score (nSPS) is 18.6. The first kappa shape index (κ1) is 26.5. The number of hydrogen-bond donors (Lipinski definition) is 1. The summed E-state index contributed by atoms with van der Waals surface area (Å²) in [5.74, 6) is -0.0923. The summed E-state index contributed by atoms with van der Waals surface area (Å²) in [5.41, 5.74) is -0.583. The molecule has 1 aromatic carbocycles. The van der Waals surface area contributed by atoms with Crippen molar-refractivity contribution in [1.29, 1.82) is 0 Å². The number of amides is 3. The zero-order valence-corrected chi connectivity index (χ0v) is 22.0. The molecule has 0 aromatic heterocycles. The molecule has 1 N–H and O–H groups in total. The molecule has 2 rings (SSSR count). The van der Waals surface area contributed by atoms with E-state index in [2.05, 4.69) is 21.2 Å². The second kappa shape index (κ2) is 10.4. The Morgan fingerprint density at radius 3 is 2.56 bits per heavy atom. The highest BCUT2D eigenvalue weighted by Crippen LogP contribution is 2.32. The second-order valence-corrected chi connectivity index (χ2v) is 10.7. The van der Waals surface area contributed by atoms with E-state index in [4.69, 9.17) is 16.3 Å². The van der Waals surface area contributed by atoms with Gasteiger partial charge in [-0.1, -0.05) is 41.4 Å². The van der Waals surface area contributed by atoms with Crippen LogP contribution >= 0.6 is 27.5 Å². The summed E-state index contributed by atoms with van der Waals surface area (Å²) in [5, 5.41) is 3.37. The molecule has 32 heavy (non-hydrogen) atoms. The number of carbonyl (C=O) groups is 3. The maximum Gasteiger partial charge on any atom is 0.260 e. The Hall–Kier alpha value is -1.80. The van der Waals surface area contributed by atoms with Crippen molar-refractivity contribution >= 4 is 45.3 Å². The van der Waals surface area contributed by atoms with E-state index in [-0.39, 0.29) is 24.3 Å². The van der Waals surface area contributed by atoms with E-state index in [0.717, 1.165) is 10.0 Å². The molecule has 9 heteroatoms. The summed E-state index contributed by atoms with van der Waals surface area (Å²) < 4.78 is 6.57. The van der Waals surface area contributed by atoms with Crippen molar-refractivity contribution in [3.05, 3.63) is 27.2 Å². The number of benzene rings is 1. The Bertz CT molecular complexity index is 869. The molecule has 1 fully saturated rings. The van der Waals surface area contributed by atoms with Gasteiger partial charge in [0, 0.05) is 37.7 Å². The van der Waals surface area contributed by atoms with Crippen LogP contribution in [-0.4, -0.2) is 67.4 Å². The van der Waals surface area contributed by atoms with E-state index in [1.165, 1.54) is 0 Å². The monoisotopic (exact) mass is 529 g/mol. The fourth-order valence-corrected chi connectivity index (χ4v) is 4.82. The van der Waals surface area contributed by atoms with Crippen LogP contribution in [0.15, 0.2) is 16.6 Å². The van der Waals surface area contributed by atoms with Gasteiger partial charge in [-0.25, -0.2) is 0 Å². The molecule has 1 saturated heterocycles. The van der Waals surface area contributed by atoms with Crippen molar-refractivity contribution in [3.63, 3.8) is 0 Å². The Balaban J connectivity index is 1.94. The highest BCUT2D eigenvalue weighted by molar-refractivity contribution is 9.10. The van der Waals surface area contributed by atoms with E-state index < -0.39 is 10.8 Å². The summed E-state index contributed by atoms with van der Waals surface area (Å²) in [6.07, 6.45) is 0.504. The van der Waals surface area contributed by atoms with Crippen molar-refractivity contribution in [2.45, 2.75) is 41.0 Å². The molecule has 1 aliphatic heterocycles. The lowest BCUT2D eigenvalue weighted by Crippen LogP contribution is -2.49. The summed E-state index contributed by atoms with van der Waals surface area (Å²) in [4.78, 5) is 41.2. The van der Waals surface area contributed by atoms with E-state index in [1.807, 2.05) is 33.8 Å². The Morgan fingerprint density at radius 1 is 1.38 bits per heavy atom. The lowest BCUT2D eigenvalue weighted by molar-refractivity contribution is -0.143. The summed E-state index contributed by atoms with van der Waals surface area (Å²) >= 11 is 9.63. The van der Waals surface area contributed by atoms with Crippen molar-refractivity contribution < 1.29 is 19.1 Å². The number of likely N-dealkylation sites (N-methyl/N-ethyl adjacent to an activating group) is 1. The quantitative estimate of drug-likeness (QED) is 0.494. The van der Waals surface area contributed by atoms with Crippen LogP contribution < -0.4 is 10.1 Å². The first-order valence-corrected chi connectivity index (χ1v) is 11.9. The molecule has 1 unspecified atom stereocenters. The minimum Gasteiger partial charge on any atom is -0.482 e. The summed E-state index contributed by atoms with van der Waals surface area (Å²) in [7, 11) is 1.71. The van der Waals surface area contributed by atoms with Gasteiger partial charge in [-0.15, -0.1) is 0 Å². The number of rotatable bonds is 9. The zero-order valence-electron chi connectivity index (χ0n) is 19.7. The number of carbonyl (C=O) groups excluding carboxylic acids is 3. The third-order valence-electron chi connectivity index (χ3n) is 5.88. The number of aryl methyl sites for hydroxylation is 1. The van der Waals surface area contributed by atoms with Gasteiger partial charge in [0.1, 0.15) is 11.2 Å². The van der Waals surface area contributed by atoms with Gasteiger partial charge in [-0.3, -0.25) is 14.4 Å². The van der Waals surface area contributed by atoms with Crippen LogP contribution in [0, 0.1) is 17.8 Å². The Kier molecular flexibility index (Phi) is 8.62. The van der Waals surface area contributed by atoms with Gasteiger partial charge in [-0.2, -0.15) is 0 Å². The molecule has 178 valence electrons. The van der Waals surface area contributed by atoms with Crippen LogP contribution in [0.3, 0.4) is 0 Å². The predicted octanol–water partition coefficient (Wildman–Crippen LogP) is 3.65. The molecule has 0 bridgehead atoms. The Labute approximate surface area is 203 Å². The van der Waals surface area contributed by atoms with Gasteiger partial charge in [0.2, 0.25) is 11.8 Å². The van der Waals surface area contributed by atoms with Gasteiger partial charge in [0.15, 0.2) is 6.61 Å². The highest BCUT2D eigenvalue weighted by Gasteiger charge is 2.47. The topological polar surface area (TPSA) is 79.0 Å². The largest absolute Gasteiger partial charge is 0.482 e. The third-order valence-corrected chi connectivity index (χ3v) is 6.62. The number of nitrogens with zero attached hydrogens (tertiary/aromatic N) is 2. The average Bonchev–Trinajstić information content (AvgIpc) is 2.98. The lowest BCUT2D eigenvalue weighted by atomic mass is 9.86. The fraction of sp³-hybridized carbons (Fsp3) is 0.609. The van der Waals surface area contributed by atoms with Crippen LogP contribution in [0.5, 0.6) is 5.75 Å². The molecule has 0 spiro atoms. The molecule has 0 aliphatic carbocycles. The molecular formula is C23H33BrClN3O4. The van der Waals surface area contributed by atoms with E-state index in [0.29, 0.717) is 43.4 Å². The molecule has 1 aliphatic rings. The fourth-order valence-electron chi connectivity index (χ4n) is 3.79. The minimum atomic E-state index is -1.03. The molecule has 1 atom stereocenters. The minimum absolute atomic E-state index is 0.128. The maximum absolute atomic E-state index is 12.8. The molecule has 0 radical (unpaired) electrons. The number of ether oxygens (including phenoxy) is 1. The molecule has 0 saturated carbocycles. The van der Waals surface area contributed by atoms with Gasteiger partial charge in [-0.05, 0) is 50.3 Å². The van der Waals surface area contributed by atoms with Gasteiger partial charge < -0.3 is 19.9 Å². The van der Waals surface area contributed by atoms with Gasteiger partial charge in [0.25, 0.3) is 5.91 Å². The maximum atomic E-state index is 12.8. The Morgan fingerprint density at radius 2 is 2.03 bits per heavy atom. The molecule has 1 heterocycles. The number of halogens is 2. The van der Waals surface area contributed by atoms with E-state index in [9.17, 15) is 14.4 Å². The first-order valence-electron chi connectivity index (χ1n) is 10.7. The van der Waals surface area contributed by atoms with Crippen molar-refractivity contribution in [2.75, 3.05) is 39.8 Å². The zero-order chi connectivity index (χ0) is 24.3. The predicted molar refractivity (Wildman–Crippen MR) is 129 cm³/mol. The molecule has 3 amide bonds. The summed E-state index contributed by atoms with van der Waals surface area (Å²) in [6, 6.07) is 3.60. The lowest BCUT2D eigenvalue weighted by Gasteiger charge is -2.33. The molecular weight excluding hydrogens is 498 g/mol. The molecule has 7 nitrogen and oxygen atoms in total. The highest BCUT2D eigenvalue weighted by atomic mass is 79.9. The number of likely N-dealkylation sites (tertiary alicyclic amines) is 1. The van der Waals surface area contributed by atoms with Gasteiger partial charge >= 0.3 is 0 Å². The standard InChI is InChI=1S/C23H33BrClN3O4/c1-7-28(18(29)12-32-19-15(2)10-16(24)11-17(19)25)14-22(3,4)13-26-20(30)23(5)8-9-27(6)21(23)31/h10-11H,7-9,12-14H2,1-6H3,(H,26,30). The number of nitrogens with one attached hydrogen (secondary N) is 1. The van der Waals surface area contributed by atoms with Crippen molar-refractivity contribution in [1.82, 2.24) is 15.1 Å². The second-order valence-electron chi connectivity index (χ2n) is 9.39. The van der Waals surface area contributed by atoms with Crippen LogP contribution in [0.4, 0.5) is 0 Å². The van der Waals surface area contributed by atoms with Crippen LogP contribution in [0.2, 0.25) is 5.02 Å².